The van der Waals surface area contributed by atoms with Gasteiger partial charge in [-0.25, -0.2) is 4.99 Å². The first-order chi connectivity index (χ1) is 18.2. The monoisotopic (exact) mass is 529 g/mol. The number of aromatic hydroxyl groups is 1. The molecule has 10 heteroatoms. The lowest BCUT2D eigenvalue weighted by atomic mass is 9.94. The van der Waals surface area contributed by atoms with E-state index < -0.39 is 6.04 Å². The Balaban J connectivity index is 1.73. The molecule has 3 heterocycles. The van der Waals surface area contributed by atoms with Crippen molar-refractivity contribution >= 4 is 29.0 Å². The van der Waals surface area contributed by atoms with Gasteiger partial charge >= 0.3 is 0 Å². The molecule has 5 rings (SSSR count). The molecule has 9 nitrogen and oxygen atoms in total. The van der Waals surface area contributed by atoms with Crippen molar-refractivity contribution in [3.05, 3.63) is 102 Å². The van der Waals surface area contributed by atoms with E-state index in [1.807, 2.05) is 45.2 Å². The number of aryl methyl sites for hydroxylation is 2. The number of phenolic OH excluding ortho intramolecular Hbond substituents is 1. The first kappa shape index (κ1) is 25.2. The highest BCUT2D eigenvalue weighted by Gasteiger charge is 2.33. The van der Waals surface area contributed by atoms with E-state index in [0.717, 1.165) is 17.0 Å². The van der Waals surface area contributed by atoms with Crippen molar-refractivity contribution in [3.8, 4) is 11.5 Å². The number of thiazole rings is 1. The lowest BCUT2D eigenvalue weighted by molar-refractivity contribution is -0.113. The highest BCUT2D eigenvalue weighted by atomic mass is 32.1. The first-order valence-electron chi connectivity index (χ1n) is 12.0. The van der Waals surface area contributed by atoms with Crippen molar-refractivity contribution in [3.63, 3.8) is 0 Å². The molecule has 1 aliphatic heterocycles. The molecule has 4 aromatic rings. The summed E-state index contributed by atoms with van der Waals surface area (Å²) in [6.45, 7) is 5.61. The van der Waals surface area contributed by atoms with E-state index in [0.29, 0.717) is 31.9 Å². The second-order valence-electron chi connectivity index (χ2n) is 9.04. The fourth-order valence-corrected chi connectivity index (χ4v) is 5.67. The molecule has 1 aliphatic rings. The number of carbonyl (C=O) groups is 1. The number of nitrogens with zero attached hydrogens (tertiary/aromatic N) is 4. The standard InChI is InChI=1S/C28H27N5O4S/c1-15-20(17(3)32(4)31-15)14-23-27(36)33-25(18-11-12-21(34)22(13-18)37-5)24(16(2)29-28(33)38-23)26(35)30-19-9-7-6-8-10-19/h6-14,25,34H,1-5H3,(H,30,35). The quantitative estimate of drug-likeness (QED) is 0.413. The van der Waals surface area contributed by atoms with E-state index in [2.05, 4.69) is 15.4 Å². The molecule has 1 atom stereocenters. The molecule has 194 valence electrons. The summed E-state index contributed by atoms with van der Waals surface area (Å²) in [5, 5.41) is 17.6. The topological polar surface area (TPSA) is 111 Å². The summed E-state index contributed by atoms with van der Waals surface area (Å²) in [6.07, 6.45) is 1.83. The number of ether oxygens (including phenoxy) is 1. The Bertz CT molecular complexity index is 1780. The van der Waals surface area contributed by atoms with Gasteiger partial charge in [-0.2, -0.15) is 5.10 Å². The van der Waals surface area contributed by atoms with Crippen LogP contribution in [0.1, 0.15) is 35.5 Å². The van der Waals surface area contributed by atoms with Crippen molar-refractivity contribution in [1.29, 1.82) is 0 Å². The molecular formula is C28H27N5O4S. The van der Waals surface area contributed by atoms with Crippen LogP contribution in [0.4, 0.5) is 5.69 Å². The second-order valence-corrected chi connectivity index (χ2v) is 10.1. The summed E-state index contributed by atoms with van der Waals surface area (Å²) < 4.78 is 9.13. The molecule has 2 aromatic heterocycles. The third-order valence-corrected chi connectivity index (χ3v) is 7.64. The Labute approximate surface area is 222 Å². The molecule has 1 amide bonds. The number of para-hydroxylation sites is 1. The fourth-order valence-electron chi connectivity index (χ4n) is 4.64. The molecule has 2 aromatic carbocycles. The van der Waals surface area contributed by atoms with Crippen LogP contribution < -0.4 is 24.9 Å². The maximum Gasteiger partial charge on any atom is 0.271 e. The van der Waals surface area contributed by atoms with Gasteiger partial charge in [0.1, 0.15) is 0 Å². The number of anilines is 1. The van der Waals surface area contributed by atoms with Crippen LogP contribution in [0, 0.1) is 13.8 Å². The van der Waals surface area contributed by atoms with Crippen LogP contribution in [0.25, 0.3) is 6.08 Å². The van der Waals surface area contributed by atoms with E-state index in [4.69, 9.17) is 4.74 Å². The summed E-state index contributed by atoms with van der Waals surface area (Å²) in [5.74, 6) is -0.173. The average Bonchev–Trinajstić information content (AvgIpc) is 3.33. The Hall–Kier alpha value is -4.44. The number of allylic oxidation sites excluding steroid dienone is 1. The molecular weight excluding hydrogens is 502 g/mol. The first-order valence-corrected chi connectivity index (χ1v) is 12.8. The number of fused-ring (bicyclic) bond motifs is 1. The zero-order valence-electron chi connectivity index (χ0n) is 21.6. The van der Waals surface area contributed by atoms with Gasteiger partial charge in [0.15, 0.2) is 16.3 Å². The molecule has 1 unspecified atom stereocenters. The SMILES string of the molecule is COc1cc(C2C(C(=O)Nc3ccccc3)=C(C)N=c3sc(=Cc4c(C)nn(C)c4C)c(=O)n32)ccc1O. The van der Waals surface area contributed by atoms with Gasteiger partial charge in [-0.1, -0.05) is 35.6 Å². The van der Waals surface area contributed by atoms with E-state index in [9.17, 15) is 14.7 Å². The molecule has 0 spiro atoms. The van der Waals surface area contributed by atoms with E-state index in [1.54, 1.807) is 35.9 Å². The van der Waals surface area contributed by atoms with Crippen LogP contribution in [0.3, 0.4) is 0 Å². The Kier molecular flexibility index (Phi) is 6.50. The Morgan fingerprint density at radius 2 is 1.89 bits per heavy atom. The average molecular weight is 530 g/mol. The zero-order valence-corrected chi connectivity index (χ0v) is 22.5. The van der Waals surface area contributed by atoms with E-state index in [-0.39, 0.29) is 23.0 Å². The molecule has 0 fully saturated rings. The maximum absolute atomic E-state index is 13.9. The van der Waals surface area contributed by atoms with E-state index >= 15 is 0 Å². The van der Waals surface area contributed by atoms with Crippen LogP contribution in [0.2, 0.25) is 0 Å². The predicted molar refractivity (Wildman–Crippen MR) is 146 cm³/mol. The molecule has 0 bridgehead atoms. The van der Waals surface area contributed by atoms with Crippen LogP contribution in [0.5, 0.6) is 11.5 Å². The van der Waals surface area contributed by atoms with E-state index in [1.165, 1.54) is 29.1 Å². The predicted octanol–water partition coefficient (Wildman–Crippen LogP) is 2.94. The number of amides is 1. The van der Waals surface area contributed by atoms with Gasteiger partial charge in [0.25, 0.3) is 11.5 Å². The third kappa shape index (κ3) is 4.32. The largest absolute Gasteiger partial charge is 0.504 e. The van der Waals surface area contributed by atoms with Gasteiger partial charge in [0.2, 0.25) is 0 Å². The molecule has 0 radical (unpaired) electrons. The number of hydrogen-bond acceptors (Lipinski definition) is 7. The third-order valence-electron chi connectivity index (χ3n) is 6.66. The van der Waals surface area contributed by atoms with Gasteiger partial charge in [-0.3, -0.25) is 18.8 Å². The molecule has 38 heavy (non-hydrogen) atoms. The van der Waals surface area contributed by atoms with Crippen molar-refractivity contribution in [2.75, 3.05) is 12.4 Å². The highest BCUT2D eigenvalue weighted by molar-refractivity contribution is 7.07. The summed E-state index contributed by atoms with van der Waals surface area (Å²) in [5.41, 5.74) is 4.41. The minimum Gasteiger partial charge on any atom is -0.504 e. The number of nitrogens with one attached hydrogen (secondary N) is 1. The number of aromatic nitrogens is 3. The molecule has 0 saturated carbocycles. The minimum absolute atomic E-state index is 0.0397. The summed E-state index contributed by atoms with van der Waals surface area (Å²) in [7, 11) is 3.31. The van der Waals surface area contributed by atoms with Crippen molar-refractivity contribution in [2.45, 2.75) is 26.8 Å². The van der Waals surface area contributed by atoms with Gasteiger partial charge < -0.3 is 15.2 Å². The van der Waals surface area contributed by atoms with Gasteiger partial charge in [-0.05, 0) is 56.7 Å². The highest BCUT2D eigenvalue weighted by Crippen LogP contribution is 2.35. The van der Waals surface area contributed by atoms with Gasteiger partial charge in [0.05, 0.1) is 34.6 Å². The minimum atomic E-state index is -0.789. The zero-order chi connectivity index (χ0) is 27.1. The van der Waals surface area contributed by atoms with Gasteiger partial charge in [-0.15, -0.1) is 0 Å². The fraction of sp³-hybridized carbons (Fsp3) is 0.214. The van der Waals surface area contributed by atoms with Crippen molar-refractivity contribution < 1.29 is 14.6 Å². The summed E-state index contributed by atoms with van der Waals surface area (Å²) in [6, 6.07) is 13.1. The number of rotatable bonds is 5. The summed E-state index contributed by atoms with van der Waals surface area (Å²) in [4.78, 5) is 32.7. The van der Waals surface area contributed by atoms with Gasteiger partial charge in [0, 0.05) is 24.0 Å². The van der Waals surface area contributed by atoms with Crippen LogP contribution in [-0.4, -0.2) is 32.5 Å². The lowest BCUT2D eigenvalue weighted by Gasteiger charge is -2.25. The Morgan fingerprint density at radius 1 is 1.16 bits per heavy atom. The number of phenols is 1. The molecule has 0 saturated heterocycles. The summed E-state index contributed by atoms with van der Waals surface area (Å²) >= 11 is 1.26. The van der Waals surface area contributed by atoms with Crippen LogP contribution in [-0.2, 0) is 11.8 Å². The number of hydrogen-bond donors (Lipinski definition) is 2. The van der Waals surface area contributed by atoms with Crippen LogP contribution in [0.15, 0.2) is 69.6 Å². The van der Waals surface area contributed by atoms with Crippen molar-refractivity contribution in [2.24, 2.45) is 12.0 Å². The molecule has 2 N–H and O–H groups in total. The smallest absolute Gasteiger partial charge is 0.271 e. The van der Waals surface area contributed by atoms with Crippen molar-refractivity contribution in [1.82, 2.24) is 14.3 Å². The second kappa shape index (κ2) is 9.79. The number of benzene rings is 2. The molecule has 0 aliphatic carbocycles. The maximum atomic E-state index is 13.9. The normalized spacial score (nSPS) is 15.3. The number of methoxy groups -OCH3 is 1. The Morgan fingerprint density at radius 3 is 2.55 bits per heavy atom. The van der Waals surface area contributed by atoms with Crippen LogP contribution >= 0.6 is 11.3 Å². The lowest BCUT2D eigenvalue weighted by Crippen LogP contribution is -2.40. The number of carbonyl (C=O) groups excluding carboxylic acids is 1.